The summed E-state index contributed by atoms with van der Waals surface area (Å²) >= 11 is 8.46. The van der Waals surface area contributed by atoms with Gasteiger partial charge >= 0.3 is 0 Å². The molecule has 19 heavy (non-hydrogen) atoms. The predicted octanol–water partition coefficient (Wildman–Crippen LogP) is 3.14. The maximum Gasteiger partial charge on any atom is 0.186 e. The van der Waals surface area contributed by atoms with Crippen molar-refractivity contribution in [2.24, 2.45) is 5.10 Å². The fourth-order valence-electron chi connectivity index (χ4n) is 1.41. The first-order chi connectivity index (χ1) is 9.04. The molecule has 1 aromatic carbocycles. The summed E-state index contributed by atoms with van der Waals surface area (Å²) in [4.78, 5) is 0. The number of phenolic OH excluding ortho intramolecular Hbond substituents is 1. The topological polar surface area (TPSA) is 56.7 Å². The van der Waals surface area contributed by atoms with E-state index in [0.717, 1.165) is 23.9 Å². The second-order valence-corrected chi connectivity index (χ2v) is 5.40. The van der Waals surface area contributed by atoms with Crippen molar-refractivity contribution in [1.82, 2.24) is 10.7 Å². The number of unbranched alkanes of at least 4 members (excludes halogenated alkanes) is 1. The minimum absolute atomic E-state index is 0.191. The summed E-state index contributed by atoms with van der Waals surface area (Å²) in [5.74, 6) is 0.191. The molecule has 0 unspecified atom stereocenters. The highest BCUT2D eigenvalue weighted by atomic mass is 79.9. The van der Waals surface area contributed by atoms with Gasteiger partial charge in [-0.2, -0.15) is 5.10 Å². The van der Waals surface area contributed by atoms with E-state index in [4.69, 9.17) is 12.2 Å². The number of thiocarbonyl (C=S) groups is 1. The first kappa shape index (κ1) is 15.9. The Balaban J connectivity index is 2.61. The van der Waals surface area contributed by atoms with Crippen molar-refractivity contribution in [2.45, 2.75) is 26.7 Å². The molecule has 0 aliphatic carbocycles. The largest absolute Gasteiger partial charge is 0.507 e. The minimum Gasteiger partial charge on any atom is -0.507 e. The zero-order valence-corrected chi connectivity index (χ0v) is 13.4. The molecule has 6 heteroatoms. The molecule has 0 aliphatic heterocycles. The third-order valence-electron chi connectivity index (χ3n) is 2.49. The van der Waals surface area contributed by atoms with Crippen molar-refractivity contribution in [1.29, 1.82) is 0 Å². The number of hydrogen-bond acceptors (Lipinski definition) is 3. The highest BCUT2D eigenvalue weighted by Gasteiger charge is 2.05. The Hall–Kier alpha value is -1.14. The number of nitrogens with zero attached hydrogens (tertiary/aromatic N) is 1. The van der Waals surface area contributed by atoms with Crippen LogP contribution in [0.5, 0.6) is 5.75 Å². The lowest BCUT2D eigenvalue weighted by atomic mass is 10.1. The summed E-state index contributed by atoms with van der Waals surface area (Å²) in [5.41, 5.74) is 4.10. The summed E-state index contributed by atoms with van der Waals surface area (Å²) in [7, 11) is 0. The lowest BCUT2D eigenvalue weighted by molar-refractivity contribution is 0.474. The standard InChI is InChI=1S/C13H18BrN3OS/c1-3-4-7-15-13(19)17-16-9(2)11-8-10(14)5-6-12(11)18/h5-6,8,18H,3-4,7H2,1-2H3,(H2,15,17,19)/b16-9+. The Morgan fingerprint density at radius 1 is 1.47 bits per heavy atom. The molecule has 4 nitrogen and oxygen atoms in total. The van der Waals surface area contributed by atoms with E-state index in [9.17, 15) is 5.11 Å². The molecular formula is C13H18BrN3OS. The van der Waals surface area contributed by atoms with Gasteiger partial charge in [-0.3, -0.25) is 5.43 Å². The maximum absolute atomic E-state index is 9.77. The van der Waals surface area contributed by atoms with Gasteiger partial charge in [0.1, 0.15) is 5.75 Å². The van der Waals surface area contributed by atoms with Gasteiger partial charge in [0.25, 0.3) is 0 Å². The zero-order chi connectivity index (χ0) is 14.3. The van der Waals surface area contributed by atoms with Gasteiger partial charge in [0.15, 0.2) is 5.11 Å². The van der Waals surface area contributed by atoms with Crippen LogP contribution in [0.2, 0.25) is 0 Å². The van der Waals surface area contributed by atoms with E-state index in [0.29, 0.717) is 16.4 Å². The number of benzene rings is 1. The van der Waals surface area contributed by atoms with Gasteiger partial charge in [-0.1, -0.05) is 29.3 Å². The van der Waals surface area contributed by atoms with Gasteiger partial charge in [0.2, 0.25) is 0 Å². The molecule has 0 spiro atoms. The molecule has 1 aromatic rings. The van der Waals surface area contributed by atoms with Crippen molar-refractivity contribution in [3.05, 3.63) is 28.2 Å². The molecule has 0 heterocycles. The molecule has 0 atom stereocenters. The van der Waals surface area contributed by atoms with Crippen LogP contribution in [-0.4, -0.2) is 22.5 Å². The number of aromatic hydroxyl groups is 1. The van der Waals surface area contributed by atoms with Crippen LogP contribution in [0.4, 0.5) is 0 Å². The Kier molecular flexibility index (Phi) is 6.80. The predicted molar refractivity (Wildman–Crippen MR) is 86.7 cm³/mol. The second-order valence-electron chi connectivity index (χ2n) is 4.08. The first-order valence-corrected chi connectivity index (χ1v) is 7.31. The highest BCUT2D eigenvalue weighted by Crippen LogP contribution is 2.22. The molecular weight excluding hydrogens is 326 g/mol. The second kappa shape index (κ2) is 8.12. The molecule has 0 fully saturated rings. The van der Waals surface area contributed by atoms with Crippen molar-refractivity contribution >= 4 is 39.0 Å². The molecule has 3 N–H and O–H groups in total. The smallest absolute Gasteiger partial charge is 0.186 e. The first-order valence-electron chi connectivity index (χ1n) is 6.11. The van der Waals surface area contributed by atoms with E-state index in [2.05, 4.69) is 38.7 Å². The minimum atomic E-state index is 0.191. The molecule has 0 saturated heterocycles. The third kappa shape index (κ3) is 5.57. The van der Waals surface area contributed by atoms with Crippen LogP contribution in [0.1, 0.15) is 32.3 Å². The molecule has 0 saturated carbocycles. The van der Waals surface area contributed by atoms with Crippen LogP contribution in [0.15, 0.2) is 27.8 Å². The number of hydrogen-bond donors (Lipinski definition) is 3. The van der Waals surface area contributed by atoms with Crippen LogP contribution < -0.4 is 10.7 Å². The van der Waals surface area contributed by atoms with Crippen molar-refractivity contribution < 1.29 is 5.11 Å². The van der Waals surface area contributed by atoms with Crippen molar-refractivity contribution in [2.75, 3.05) is 6.54 Å². The summed E-state index contributed by atoms with van der Waals surface area (Å²) < 4.78 is 0.887. The summed E-state index contributed by atoms with van der Waals surface area (Å²) in [5, 5.41) is 17.5. The molecule has 0 aliphatic rings. The van der Waals surface area contributed by atoms with E-state index in [1.807, 2.05) is 13.0 Å². The Morgan fingerprint density at radius 2 is 2.21 bits per heavy atom. The molecule has 0 amide bonds. The van der Waals surface area contributed by atoms with E-state index < -0.39 is 0 Å². The normalized spacial score (nSPS) is 11.2. The molecule has 0 bridgehead atoms. The summed E-state index contributed by atoms with van der Waals surface area (Å²) in [6, 6.07) is 5.20. The number of nitrogens with one attached hydrogen (secondary N) is 2. The molecule has 0 radical (unpaired) electrons. The number of rotatable bonds is 5. The van der Waals surface area contributed by atoms with Crippen LogP contribution >= 0.6 is 28.1 Å². The number of hydrazone groups is 1. The molecule has 0 aromatic heterocycles. The SMILES string of the molecule is CCCCNC(=S)N/N=C(\C)c1cc(Br)ccc1O. The number of halogens is 1. The number of phenols is 1. The molecule has 1 rings (SSSR count). The monoisotopic (exact) mass is 343 g/mol. The summed E-state index contributed by atoms with van der Waals surface area (Å²) in [6.07, 6.45) is 2.18. The average Bonchev–Trinajstić information content (AvgIpc) is 2.39. The third-order valence-corrected chi connectivity index (χ3v) is 3.22. The van der Waals surface area contributed by atoms with Gasteiger partial charge in [-0.15, -0.1) is 0 Å². The van der Waals surface area contributed by atoms with E-state index in [1.54, 1.807) is 12.1 Å². The fraction of sp³-hybridized carbons (Fsp3) is 0.385. The quantitative estimate of drug-likeness (QED) is 0.332. The van der Waals surface area contributed by atoms with Gasteiger partial charge in [-0.25, -0.2) is 0 Å². The van der Waals surface area contributed by atoms with Gasteiger partial charge < -0.3 is 10.4 Å². The van der Waals surface area contributed by atoms with Crippen molar-refractivity contribution in [3.8, 4) is 5.75 Å². The van der Waals surface area contributed by atoms with Crippen LogP contribution in [0, 0.1) is 0 Å². The van der Waals surface area contributed by atoms with E-state index in [1.165, 1.54) is 0 Å². The van der Waals surface area contributed by atoms with Gasteiger partial charge in [0, 0.05) is 16.6 Å². The Bertz CT molecular complexity index is 477. The van der Waals surface area contributed by atoms with Gasteiger partial charge in [-0.05, 0) is 43.8 Å². The van der Waals surface area contributed by atoms with Crippen LogP contribution in [0.25, 0.3) is 0 Å². The van der Waals surface area contributed by atoms with Crippen LogP contribution in [-0.2, 0) is 0 Å². The fourth-order valence-corrected chi connectivity index (χ4v) is 1.92. The molecule has 104 valence electrons. The zero-order valence-electron chi connectivity index (χ0n) is 11.0. The lowest BCUT2D eigenvalue weighted by Crippen LogP contribution is -2.33. The lowest BCUT2D eigenvalue weighted by Gasteiger charge is -2.08. The van der Waals surface area contributed by atoms with Crippen LogP contribution in [0.3, 0.4) is 0 Å². The Labute approximate surface area is 127 Å². The highest BCUT2D eigenvalue weighted by molar-refractivity contribution is 9.10. The average molecular weight is 344 g/mol. The van der Waals surface area contributed by atoms with Gasteiger partial charge in [0.05, 0.1) is 5.71 Å². The summed E-state index contributed by atoms with van der Waals surface area (Å²) in [6.45, 7) is 4.76. The van der Waals surface area contributed by atoms with E-state index >= 15 is 0 Å². The Morgan fingerprint density at radius 3 is 2.89 bits per heavy atom. The maximum atomic E-state index is 9.77. The van der Waals surface area contributed by atoms with Crippen molar-refractivity contribution in [3.63, 3.8) is 0 Å². The van der Waals surface area contributed by atoms with E-state index in [-0.39, 0.29) is 5.75 Å².